The van der Waals surface area contributed by atoms with E-state index in [1.807, 2.05) is 36.7 Å². The van der Waals surface area contributed by atoms with Crippen LogP contribution in [0.2, 0.25) is 0 Å². The normalized spacial score (nSPS) is 14.2. The first kappa shape index (κ1) is 17.8. The molecule has 7 heteroatoms. The highest BCUT2D eigenvalue weighted by atomic mass is 16.5. The Morgan fingerprint density at radius 2 is 2.04 bits per heavy atom. The molecule has 1 aliphatic rings. The first-order valence-corrected chi connectivity index (χ1v) is 8.81. The lowest BCUT2D eigenvalue weighted by Crippen LogP contribution is -2.26. The van der Waals surface area contributed by atoms with Gasteiger partial charge in [-0.1, -0.05) is 12.1 Å². The molecule has 1 aliphatic heterocycles. The maximum Gasteiger partial charge on any atom is 0.337 e. The van der Waals surface area contributed by atoms with E-state index in [0.717, 1.165) is 16.6 Å². The number of benzene rings is 2. The second-order valence-corrected chi connectivity index (χ2v) is 6.78. The van der Waals surface area contributed by atoms with Crippen LogP contribution in [-0.2, 0) is 11.8 Å². The number of esters is 1. The maximum atomic E-state index is 11.8. The number of imidazole rings is 1. The van der Waals surface area contributed by atoms with Gasteiger partial charge in [0.15, 0.2) is 0 Å². The van der Waals surface area contributed by atoms with Crippen molar-refractivity contribution in [1.29, 1.82) is 5.41 Å². The fourth-order valence-electron chi connectivity index (χ4n) is 3.49. The van der Waals surface area contributed by atoms with Crippen molar-refractivity contribution in [3.63, 3.8) is 0 Å². The monoisotopic (exact) mass is 376 g/mol. The number of carbonyl (C=O) groups excluding carboxylic acids is 1. The number of nitrogens with zero attached hydrogens (tertiary/aromatic N) is 3. The number of carbonyl (C=O) groups is 1. The molecule has 0 radical (unpaired) electrons. The minimum atomic E-state index is -0.448. The summed E-state index contributed by atoms with van der Waals surface area (Å²) in [6.07, 6.45) is 0. The van der Waals surface area contributed by atoms with Crippen LogP contribution in [-0.4, -0.2) is 40.1 Å². The van der Waals surface area contributed by atoms with E-state index in [0.29, 0.717) is 22.6 Å². The Bertz CT molecular complexity index is 1160. The third-order valence-corrected chi connectivity index (χ3v) is 4.94. The van der Waals surface area contributed by atoms with E-state index < -0.39 is 5.97 Å². The Morgan fingerprint density at radius 3 is 2.79 bits per heavy atom. The van der Waals surface area contributed by atoms with Gasteiger partial charge in [-0.25, -0.2) is 9.78 Å². The number of aromatic nitrogens is 2. The van der Waals surface area contributed by atoms with Gasteiger partial charge in [0.2, 0.25) is 0 Å². The molecule has 1 aromatic heterocycles. The summed E-state index contributed by atoms with van der Waals surface area (Å²) in [6, 6.07) is 12.8. The third-order valence-electron chi connectivity index (χ3n) is 4.94. The van der Waals surface area contributed by atoms with Crippen molar-refractivity contribution in [1.82, 2.24) is 9.55 Å². The van der Waals surface area contributed by atoms with Crippen LogP contribution in [0.15, 0.2) is 48.2 Å². The van der Waals surface area contributed by atoms with Crippen LogP contribution < -0.4 is 4.90 Å². The van der Waals surface area contributed by atoms with Crippen molar-refractivity contribution in [2.75, 3.05) is 18.6 Å². The molecule has 0 saturated carbocycles. The van der Waals surface area contributed by atoms with Crippen molar-refractivity contribution in [2.24, 2.45) is 7.05 Å². The van der Waals surface area contributed by atoms with E-state index in [4.69, 9.17) is 10.1 Å². The summed E-state index contributed by atoms with van der Waals surface area (Å²) >= 11 is 0. The van der Waals surface area contributed by atoms with Crippen molar-refractivity contribution in [3.8, 4) is 0 Å². The Hall–Kier alpha value is -3.61. The van der Waals surface area contributed by atoms with E-state index in [1.165, 1.54) is 7.11 Å². The number of aryl methyl sites for hydroxylation is 2. The highest BCUT2D eigenvalue weighted by Gasteiger charge is 2.32. The van der Waals surface area contributed by atoms with Crippen molar-refractivity contribution in [3.05, 3.63) is 65.2 Å². The summed E-state index contributed by atoms with van der Waals surface area (Å²) in [5, 5.41) is 19.3. The quantitative estimate of drug-likeness (QED) is 0.683. The molecule has 3 aromatic rings. The molecule has 0 aliphatic carbocycles. The molecule has 2 N–H and O–H groups in total. The molecule has 7 nitrogen and oxygen atoms in total. The summed E-state index contributed by atoms with van der Waals surface area (Å²) in [5.41, 5.74) is 4.25. The maximum absolute atomic E-state index is 11.8. The standard InChI is InChI=1S/C21H20N4O3/c1-12-7-8-16-15(9-12)23-20(24(16)2)18-17(26)11-25(19(18)22)14-6-4-5-13(10-14)21(27)28-3/h4-10,22,26H,11H2,1-3H3. The number of ether oxygens (including phenoxy) is 1. The summed E-state index contributed by atoms with van der Waals surface area (Å²) in [4.78, 5) is 18.1. The van der Waals surface area contributed by atoms with Gasteiger partial charge in [-0.3, -0.25) is 5.41 Å². The average molecular weight is 376 g/mol. The summed E-state index contributed by atoms with van der Waals surface area (Å²) in [7, 11) is 3.19. The van der Waals surface area contributed by atoms with Gasteiger partial charge in [-0.15, -0.1) is 0 Å². The number of aliphatic hydroxyl groups excluding tert-OH is 1. The third kappa shape index (κ3) is 2.72. The zero-order valence-electron chi connectivity index (χ0n) is 15.9. The highest BCUT2D eigenvalue weighted by molar-refractivity contribution is 6.30. The zero-order valence-corrected chi connectivity index (χ0v) is 15.9. The largest absolute Gasteiger partial charge is 0.509 e. The second kappa shape index (κ2) is 6.53. The van der Waals surface area contributed by atoms with Gasteiger partial charge in [0, 0.05) is 12.7 Å². The second-order valence-electron chi connectivity index (χ2n) is 6.78. The number of methoxy groups -OCH3 is 1. The minimum absolute atomic E-state index is 0.0728. The predicted octanol–water partition coefficient (Wildman–Crippen LogP) is 3.43. The molecule has 0 fully saturated rings. The van der Waals surface area contributed by atoms with E-state index in [9.17, 15) is 9.90 Å². The number of hydrogen-bond donors (Lipinski definition) is 2. The SMILES string of the molecule is COC(=O)c1cccc(N2CC(O)=C(c3nc4cc(C)ccc4n3C)C2=N)c1. The van der Waals surface area contributed by atoms with E-state index in [2.05, 4.69) is 4.98 Å². The van der Waals surface area contributed by atoms with E-state index in [-0.39, 0.29) is 18.1 Å². The van der Waals surface area contributed by atoms with Crippen molar-refractivity contribution < 1.29 is 14.6 Å². The van der Waals surface area contributed by atoms with Crippen LogP contribution >= 0.6 is 0 Å². The number of amidine groups is 1. The number of fused-ring (bicyclic) bond motifs is 1. The van der Waals surface area contributed by atoms with E-state index >= 15 is 0 Å². The lowest BCUT2D eigenvalue weighted by molar-refractivity contribution is 0.0601. The average Bonchev–Trinajstić information content (AvgIpc) is 3.16. The van der Waals surface area contributed by atoms with Gasteiger partial charge < -0.3 is 19.3 Å². The smallest absolute Gasteiger partial charge is 0.337 e. The van der Waals surface area contributed by atoms with Crippen LogP contribution in [0.25, 0.3) is 16.6 Å². The highest BCUT2D eigenvalue weighted by Crippen LogP contribution is 2.32. The van der Waals surface area contributed by atoms with Gasteiger partial charge in [-0.05, 0) is 42.8 Å². The lowest BCUT2D eigenvalue weighted by atomic mass is 10.2. The van der Waals surface area contributed by atoms with E-state index in [1.54, 1.807) is 29.2 Å². The van der Waals surface area contributed by atoms with Gasteiger partial charge in [0.1, 0.15) is 17.4 Å². The minimum Gasteiger partial charge on any atom is -0.509 e. The van der Waals surface area contributed by atoms with Crippen LogP contribution in [0, 0.1) is 12.3 Å². The fourth-order valence-corrected chi connectivity index (χ4v) is 3.49. The summed E-state index contributed by atoms with van der Waals surface area (Å²) in [6.45, 7) is 2.14. The number of nitrogens with one attached hydrogen (secondary N) is 1. The fraction of sp³-hybridized carbons (Fsp3) is 0.190. The number of rotatable bonds is 3. The molecule has 0 amide bonds. The molecule has 0 spiro atoms. The molecule has 28 heavy (non-hydrogen) atoms. The Balaban J connectivity index is 1.74. The Morgan fingerprint density at radius 1 is 1.25 bits per heavy atom. The Kier molecular flexibility index (Phi) is 4.15. The van der Waals surface area contributed by atoms with Crippen LogP contribution in [0.5, 0.6) is 0 Å². The zero-order chi connectivity index (χ0) is 20.0. The van der Waals surface area contributed by atoms with Crippen LogP contribution in [0.1, 0.15) is 21.7 Å². The van der Waals surface area contributed by atoms with Crippen LogP contribution in [0.3, 0.4) is 0 Å². The van der Waals surface area contributed by atoms with Gasteiger partial charge >= 0.3 is 5.97 Å². The molecule has 2 aromatic carbocycles. The first-order chi connectivity index (χ1) is 13.4. The topological polar surface area (TPSA) is 91.4 Å². The molecule has 0 atom stereocenters. The molecule has 4 rings (SSSR count). The number of anilines is 1. The summed E-state index contributed by atoms with van der Waals surface area (Å²) in [5.74, 6) is 0.295. The molecular formula is C21H20N4O3. The molecule has 2 heterocycles. The lowest BCUT2D eigenvalue weighted by Gasteiger charge is -2.19. The molecule has 142 valence electrons. The molecule has 0 saturated heterocycles. The number of aliphatic hydroxyl groups is 1. The van der Waals surface area contributed by atoms with Crippen LogP contribution in [0.4, 0.5) is 5.69 Å². The Labute approximate surface area is 162 Å². The van der Waals surface area contributed by atoms with Crippen molar-refractivity contribution >= 4 is 34.1 Å². The number of hydrogen-bond acceptors (Lipinski definition) is 5. The summed E-state index contributed by atoms with van der Waals surface area (Å²) < 4.78 is 6.65. The van der Waals surface area contributed by atoms with Gasteiger partial charge in [0.05, 0.1) is 35.8 Å². The van der Waals surface area contributed by atoms with Gasteiger partial charge in [0.25, 0.3) is 0 Å². The molecule has 0 unspecified atom stereocenters. The predicted molar refractivity (Wildman–Crippen MR) is 108 cm³/mol. The molecular weight excluding hydrogens is 356 g/mol. The van der Waals surface area contributed by atoms with Gasteiger partial charge in [-0.2, -0.15) is 0 Å². The molecule has 0 bridgehead atoms. The first-order valence-electron chi connectivity index (χ1n) is 8.81. The van der Waals surface area contributed by atoms with Crippen molar-refractivity contribution in [2.45, 2.75) is 6.92 Å².